The molecule has 0 aliphatic heterocycles. The van der Waals surface area contributed by atoms with Gasteiger partial charge in [0.25, 0.3) is 0 Å². The molecule has 0 aliphatic carbocycles. The smallest absolute Gasteiger partial charge is 0.233 e. The largest absolute Gasteiger partial charge is 0.355 e. The molecular weight excluding hydrogens is 190 g/mol. The minimum atomic E-state index is 0.0920. The quantitative estimate of drug-likeness (QED) is 0.578. The van der Waals surface area contributed by atoms with Crippen LogP contribution in [0.25, 0.3) is 0 Å². The highest BCUT2D eigenvalue weighted by Crippen LogP contribution is 1.87. The van der Waals surface area contributed by atoms with E-state index in [1.807, 2.05) is 14.1 Å². The Labute approximate surface area is 93.4 Å². The first-order valence-electron chi connectivity index (χ1n) is 5.71. The Morgan fingerprint density at radius 1 is 1.40 bits per heavy atom. The van der Waals surface area contributed by atoms with Gasteiger partial charge < -0.3 is 15.5 Å². The van der Waals surface area contributed by atoms with E-state index >= 15 is 0 Å². The topological polar surface area (TPSA) is 44.4 Å². The molecule has 0 rings (SSSR count). The summed E-state index contributed by atoms with van der Waals surface area (Å²) < 4.78 is 0. The van der Waals surface area contributed by atoms with Crippen molar-refractivity contribution in [1.29, 1.82) is 0 Å². The summed E-state index contributed by atoms with van der Waals surface area (Å²) >= 11 is 0. The summed E-state index contributed by atoms with van der Waals surface area (Å²) in [5.41, 5.74) is 0. The number of nitrogens with one attached hydrogen (secondary N) is 2. The van der Waals surface area contributed by atoms with Crippen LogP contribution in [0.15, 0.2) is 0 Å². The molecule has 0 radical (unpaired) electrons. The highest BCUT2D eigenvalue weighted by Gasteiger charge is 2.04. The normalized spacial score (nSPS) is 12.9. The first-order valence-corrected chi connectivity index (χ1v) is 5.71. The van der Waals surface area contributed by atoms with E-state index in [2.05, 4.69) is 29.4 Å². The summed E-state index contributed by atoms with van der Waals surface area (Å²) in [6, 6.07) is 0.452. The third kappa shape index (κ3) is 8.39. The number of rotatable bonds is 8. The number of hydrogen-bond donors (Lipinski definition) is 2. The Balaban J connectivity index is 3.38. The van der Waals surface area contributed by atoms with Crippen LogP contribution < -0.4 is 10.6 Å². The molecule has 0 fully saturated rings. The fourth-order valence-electron chi connectivity index (χ4n) is 1.04. The zero-order chi connectivity index (χ0) is 11.7. The van der Waals surface area contributed by atoms with E-state index in [1.165, 1.54) is 0 Å². The maximum Gasteiger partial charge on any atom is 0.233 e. The summed E-state index contributed by atoms with van der Waals surface area (Å²) in [4.78, 5) is 13.4. The summed E-state index contributed by atoms with van der Waals surface area (Å²) in [6.45, 7) is 6.29. The molecule has 15 heavy (non-hydrogen) atoms. The molecule has 0 spiro atoms. The third-order valence-corrected chi connectivity index (χ3v) is 2.46. The first kappa shape index (κ1) is 14.4. The lowest BCUT2D eigenvalue weighted by Crippen LogP contribution is -2.40. The van der Waals surface area contributed by atoms with Crippen molar-refractivity contribution in [3.8, 4) is 0 Å². The SMILES string of the molecule is CCCCNC(=O)CNCC(C)N(C)C. The molecule has 0 aromatic rings. The predicted molar refractivity (Wildman–Crippen MR) is 63.9 cm³/mol. The average molecular weight is 215 g/mol. The Kier molecular flexibility index (Phi) is 8.33. The lowest BCUT2D eigenvalue weighted by atomic mass is 10.3. The number of likely N-dealkylation sites (N-methyl/N-ethyl adjacent to an activating group) is 1. The lowest BCUT2D eigenvalue weighted by Gasteiger charge is -2.19. The number of hydrogen-bond acceptors (Lipinski definition) is 3. The zero-order valence-electron chi connectivity index (χ0n) is 10.5. The van der Waals surface area contributed by atoms with Crippen LogP contribution in [0.1, 0.15) is 26.7 Å². The summed E-state index contributed by atoms with van der Waals surface area (Å²) in [7, 11) is 4.07. The van der Waals surface area contributed by atoms with E-state index < -0.39 is 0 Å². The predicted octanol–water partition coefficient (Wildman–Crippen LogP) is 0.442. The lowest BCUT2D eigenvalue weighted by molar-refractivity contribution is -0.120. The second-order valence-electron chi connectivity index (χ2n) is 4.15. The van der Waals surface area contributed by atoms with Gasteiger partial charge in [0.05, 0.1) is 6.54 Å². The van der Waals surface area contributed by atoms with E-state index in [-0.39, 0.29) is 5.91 Å². The highest BCUT2D eigenvalue weighted by molar-refractivity contribution is 5.77. The van der Waals surface area contributed by atoms with Crippen LogP contribution in [0.5, 0.6) is 0 Å². The van der Waals surface area contributed by atoms with Gasteiger partial charge in [-0.25, -0.2) is 0 Å². The molecule has 1 unspecified atom stereocenters. The molecule has 90 valence electrons. The molecular formula is C11H25N3O. The Morgan fingerprint density at radius 3 is 2.60 bits per heavy atom. The fraction of sp³-hybridized carbons (Fsp3) is 0.909. The van der Waals surface area contributed by atoms with Crippen molar-refractivity contribution in [3.63, 3.8) is 0 Å². The molecule has 1 amide bonds. The van der Waals surface area contributed by atoms with Crippen molar-refractivity contribution < 1.29 is 4.79 Å². The zero-order valence-corrected chi connectivity index (χ0v) is 10.5. The van der Waals surface area contributed by atoms with Crippen LogP contribution >= 0.6 is 0 Å². The molecule has 4 heteroatoms. The summed E-state index contributed by atoms with van der Waals surface area (Å²) in [6.07, 6.45) is 2.17. The third-order valence-electron chi connectivity index (χ3n) is 2.46. The molecule has 0 saturated heterocycles. The van der Waals surface area contributed by atoms with Gasteiger partial charge in [0.1, 0.15) is 0 Å². The molecule has 0 aromatic carbocycles. The minimum Gasteiger partial charge on any atom is -0.355 e. The van der Waals surface area contributed by atoms with E-state index in [0.717, 1.165) is 25.9 Å². The molecule has 0 bridgehead atoms. The molecule has 2 N–H and O–H groups in total. The average Bonchev–Trinajstić information content (AvgIpc) is 2.18. The van der Waals surface area contributed by atoms with Crippen LogP contribution in [0, 0.1) is 0 Å². The second-order valence-corrected chi connectivity index (χ2v) is 4.15. The van der Waals surface area contributed by atoms with Gasteiger partial charge in [0.15, 0.2) is 0 Å². The number of carbonyl (C=O) groups excluding carboxylic acids is 1. The van der Waals surface area contributed by atoms with Gasteiger partial charge in [-0.2, -0.15) is 0 Å². The van der Waals surface area contributed by atoms with Crippen molar-refractivity contribution in [3.05, 3.63) is 0 Å². The monoisotopic (exact) mass is 215 g/mol. The van der Waals surface area contributed by atoms with Crippen LogP contribution in [0.2, 0.25) is 0 Å². The number of carbonyl (C=O) groups is 1. The van der Waals surface area contributed by atoms with Gasteiger partial charge >= 0.3 is 0 Å². The van der Waals surface area contributed by atoms with Gasteiger partial charge in [-0.05, 0) is 27.4 Å². The highest BCUT2D eigenvalue weighted by atomic mass is 16.1. The van der Waals surface area contributed by atoms with Gasteiger partial charge in [0, 0.05) is 19.1 Å². The Bertz CT molecular complexity index is 171. The molecule has 1 atom stereocenters. The van der Waals surface area contributed by atoms with Crippen LogP contribution in [0.4, 0.5) is 0 Å². The van der Waals surface area contributed by atoms with Crippen LogP contribution in [0.3, 0.4) is 0 Å². The number of nitrogens with zero attached hydrogens (tertiary/aromatic N) is 1. The van der Waals surface area contributed by atoms with Gasteiger partial charge in [0.2, 0.25) is 5.91 Å². The Morgan fingerprint density at radius 2 is 2.07 bits per heavy atom. The molecule has 0 saturated carbocycles. The standard InChI is InChI=1S/C11H25N3O/c1-5-6-7-13-11(15)9-12-8-10(2)14(3)4/h10,12H,5-9H2,1-4H3,(H,13,15). The van der Waals surface area contributed by atoms with Crippen LogP contribution in [-0.2, 0) is 4.79 Å². The maximum absolute atomic E-state index is 11.3. The van der Waals surface area contributed by atoms with Crippen molar-refractivity contribution in [1.82, 2.24) is 15.5 Å². The summed E-state index contributed by atoms with van der Waals surface area (Å²) in [5, 5.41) is 6.01. The minimum absolute atomic E-state index is 0.0920. The van der Waals surface area contributed by atoms with E-state index in [9.17, 15) is 4.79 Å². The van der Waals surface area contributed by atoms with Crippen molar-refractivity contribution in [2.75, 3.05) is 33.7 Å². The van der Waals surface area contributed by atoms with Crippen molar-refractivity contribution >= 4 is 5.91 Å². The van der Waals surface area contributed by atoms with Gasteiger partial charge in [-0.3, -0.25) is 4.79 Å². The summed E-state index contributed by atoms with van der Waals surface area (Å²) in [5.74, 6) is 0.0920. The number of amides is 1. The van der Waals surface area contributed by atoms with E-state index in [4.69, 9.17) is 0 Å². The Hall–Kier alpha value is -0.610. The number of unbranched alkanes of at least 4 members (excludes halogenated alkanes) is 1. The van der Waals surface area contributed by atoms with E-state index in [1.54, 1.807) is 0 Å². The molecule has 4 nitrogen and oxygen atoms in total. The molecule has 0 aromatic heterocycles. The van der Waals surface area contributed by atoms with E-state index in [0.29, 0.717) is 12.6 Å². The van der Waals surface area contributed by atoms with Crippen molar-refractivity contribution in [2.24, 2.45) is 0 Å². The fourth-order valence-corrected chi connectivity index (χ4v) is 1.04. The van der Waals surface area contributed by atoms with Crippen LogP contribution in [-0.4, -0.2) is 50.6 Å². The molecule has 0 aliphatic rings. The van der Waals surface area contributed by atoms with Gasteiger partial charge in [-0.1, -0.05) is 13.3 Å². The maximum atomic E-state index is 11.3. The van der Waals surface area contributed by atoms with Crippen molar-refractivity contribution in [2.45, 2.75) is 32.7 Å². The van der Waals surface area contributed by atoms with Gasteiger partial charge in [-0.15, -0.1) is 0 Å². The first-order chi connectivity index (χ1) is 7.07. The second kappa shape index (κ2) is 8.68. The molecule has 0 heterocycles.